The number of hydrogen-bond donors (Lipinski definition) is 1. The van der Waals surface area contributed by atoms with Gasteiger partial charge in [-0.3, -0.25) is 0 Å². The van der Waals surface area contributed by atoms with Crippen LogP contribution in [-0.4, -0.2) is 24.5 Å². The van der Waals surface area contributed by atoms with Crippen LogP contribution in [0.2, 0.25) is 0 Å². The molecular weight excluding hydrogens is 196 g/mol. The first-order valence-electron chi connectivity index (χ1n) is 5.98. The fourth-order valence-corrected chi connectivity index (χ4v) is 1.73. The number of aryl methyl sites for hydroxylation is 1. The Bertz CT molecular complexity index is 303. The van der Waals surface area contributed by atoms with Gasteiger partial charge in [-0.1, -0.05) is 36.8 Å². The van der Waals surface area contributed by atoms with Gasteiger partial charge in [0.05, 0.1) is 0 Å². The van der Waals surface area contributed by atoms with Gasteiger partial charge in [-0.15, -0.1) is 0 Å². The fourth-order valence-electron chi connectivity index (χ4n) is 1.73. The number of benzene rings is 1. The van der Waals surface area contributed by atoms with Gasteiger partial charge in [0, 0.05) is 19.1 Å². The van der Waals surface area contributed by atoms with E-state index in [9.17, 15) is 0 Å². The zero-order valence-corrected chi connectivity index (χ0v) is 10.9. The zero-order chi connectivity index (χ0) is 12.1. The highest BCUT2D eigenvalue weighted by molar-refractivity contribution is 5.21. The smallest absolute Gasteiger partial charge is 0.0230 e. The van der Waals surface area contributed by atoms with Crippen LogP contribution < -0.4 is 5.73 Å². The summed E-state index contributed by atoms with van der Waals surface area (Å²) in [6.45, 7) is 8.44. The van der Waals surface area contributed by atoms with E-state index in [1.165, 1.54) is 11.1 Å². The highest BCUT2D eigenvalue weighted by Gasteiger charge is 2.10. The summed E-state index contributed by atoms with van der Waals surface area (Å²) in [6, 6.07) is 8.99. The molecule has 2 N–H and O–H groups in total. The van der Waals surface area contributed by atoms with Crippen LogP contribution in [-0.2, 0) is 6.54 Å². The molecule has 1 rings (SSSR count). The molecule has 90 valence electrons. The van der Waals surface area contributed by atoms with Crippen LogP contribution in [0.5, 0.6) is 0 Å². The molecule has 0 spiro atoms. The Hall–Kier alpha value is -0.860. The van der Waals surface area contributed by atoms with Gasteiger partial charge in [-0.25, -0.2) is 0 Å². The van der Waals surface area contributed by atoms with Crippen LogP contribution in [0.4, 0.5) is 0 Å². The van der Waals surface area contributed by atoms with Crippen molar-refractivity contribution in [2.45, 2.75) is 33.4 Å². The second-order valence-electron chi connectivity index (χ2n) is 5.02. The molecule has 2 atom stereocenters. The van der Waals surface area contributed by atoms with Gasteiger partial charge in [0.1, 0.15) is 0 Å². The first-order chi connectivity index (χ1) is 7.49. The average molecular weight is 220 g/mol. The van der Waals surface area contributed by atoms with Crippen molar-refractivity contribution in [2.24, 2.45) is 11.7 Å². The van der Waals surface area contributed by atoms with E-state index in [2.05, 4.69) is 57.0 Å². The maximum Gasteiger partial charge on any atom is 0.0230 e. The van der Waals surface area contributed by atoms with E-state index in [1.54, 1.807) is 0 Å². The van der Waals surface area contributed by atoms with Gasteiger partial charge in [-0.05, 0) is 32.4 Å². The SMILES string of the molecule is Cc1ccc(CN(C)CC(C)C(C)N)cc1. The summed E-state index contributed by atoms with van der Waals surface area (Å²) in [7, 11) is 2.15. The van der Waals surface area contributed by atoms with Crippen molar-refractivity contribution in [3.05, 3.63) is 35.4 Å². The topological polar surface area (TPSA) is 29.3 Å². The molecule has 2 heteroatoms. The maximum atomic E-state index is 5.87. The van der Waals surface area contributed by atoms with E-state index in [-0.39, 0.29) is 6.04 Å². The third-order valence-corrected chi connectivity index (χ3v) is 3.07. The molecule has 0 saturated heterocycles. The van der Waals surface area contributed by atoms with Crippen LogP contribution in [0.25, 0.3) is 0 Å². The lowest BCUT2D eigenvalue weighted by Crippen LogP contribution is -2.34. The quantitative estimate of drug-likeness (QED) is 0.825. The third kappa shape index (κ3) is 4.33. The molecule has 0 aliphatic rings. The minimum absolute atomic E-state index is 0.264. The molecule has 1 aromatic rings. The molecule has 0 aliphatic carbocycles. The molecule has 0 aromatic heterocycles. The van der Waals surface area contributed by atoms with Gasteiger partial charge < -0.3 is 10.6 Å². The first-order valence-corrected chi connectivity index (χ1v) is 5.98. The van der Waals surface area contributed by atoms with E-state index in [0.717, 1.165) is 13.1 Å². The minimum atomic E-state index is 0.264. The minimum Gasteiger partial charge on any atom is -0.328 e. The van der Waals surface area contributed by atoms with Gasteiger partial charge in [0.15, 0.2) is 0 Å². The van der Waals surface area contributed by atoms with Crippen molar-refractivity contribution < 1.29 is 0 Å². The highest BCUT2D eigenvalue weighted by Crippen LogP contribution is 2.08. The summed E-state index contributed by atoms with van der Waals surface area (Å²) in [4.78, 5) is 2.33. The van der Waals surface area contributed by atoms with Gasteiger partial charge >= 0.3 is 0 Å². The fraction of sp³-hybridized carbons (Fsp3) is 0.571. The van der Waals surface area contributed by atoms with Gasteiger partial charge in [-0.2, -0.15) is 0 Å². The van der Waals surface area contributed by atoms with Crippen LogP contribution >= 0.6 is 0 Å². The molecule has 0 fully saturated rings. The van der Waals surface area contributed by atoms with Gasteiger partial charge in [0.2, 0.25) is 0 Å². The second kappa shape index (κ2) is 6.02. The highest BCUT2D eigenvalue weighted by atomic mass is 15.1. The molecule has 1 aromatic carbocycles. The summed E-state index contributed by atoms with van der Waals surface area (Å²) in [5, 5.41) is 0. The van der Waals surface area contributed by atoms with E-state index < -0.39 is 0 Å². The number of nitrogens with zero attached hydrogens (tertiary/aromatic N) is 1. The lowest BCUT2D eigenvalue weighted by Gasteiger charge is -2.23. The Morgan fingerprint density at radius 3 is 2.25 bits per heavy atom. The zero-order valence-electron chi connectivity index (χ0n) is 10.9. The normalized spacial score (nSPS) is 15.1. The third-order valence-electron chi connectivity index (χ3n) is 3.07. The molecule has 0 saturated carbocycles. The Labute approximate surface area is 99.5 Å². The summed E-state index contributed by atoms with van der Waals surface area (Å²) < 4.78 is 0. The van der Waals surface area contributed by atoms with Crippen molar-refractivity contribution in [3.63, 3.8) is 0 Å². The molecule has 0 aliphatic heterocycles. The summed E-state index contributed by atoms with van der Waals surface area (Å²) in [5.74, 6) is 0.537. The van der Waals surface area contributed by atoms with Crippen LogP contribution in [0.15, 0.2) is 24.3 Å². The Morgan fingerprint density at radius 2 is 1.75 bits per heavy atom. The van der Waals surface area contributed by atoms with Gasteiger partial charge in [0.25, 0.3) is 0 Å². The lowest BCUT2D eigenvalue weighted by molar-refractivity contribution is 0.262. The molecule has 0 heterocycles. The van der Waals surface area contributed by atoms with E-state index in [4.69, 9.17) is 5.73 Å². The van der Waals surface area contributed by atoms with Crippen molar-refractivity contribution in [3.8, 4) is 0 Å². The molecule has 2 nitrogen and oxygen atoms in total. The first kappa shape index (κ1) is 13.2. The van der Waals surface area contributed by atoms with E-state index in [1.807, 2.05) is 0 Å². The lowest BCUT2D eigenvalue weighted by atomic mass is 10.0. The van der Waals surface area contributed by atoms with Crippen LogP contribution in [0, 0.1) is 12.8 Å². The monoisotopic (exact) mass is 220 g/mol. The summed E-state index contributed by atoms with van der Waals surface area (Å²) in [5.41, 5.74) is 8.55. The molecule has 2 unspecified atom stereocenters. The largest absolute Gasteiger partial charge is 0.328 e. The number of rotatable bonds is 5. The maximum absolute atomic E-state index is 5.87. The molecular formula is C14H24N2. The predicted octanol–water partition coefficient (Wildman–Crippen LogP) is 2.41. The Morgan fingerprint density at radius 1 is 1.19 bits per heavy atom. The Kier molecular flexibility index (Phi) is 4.97. The van der Waals surface area contributed by atoms with Crippen molar-refractivity contribution in [2.75, 3.05) is 13.6 Å². The number of hydrogen-bond acceptors (Lipinski definition) is 2. The molecule has 0 amide bonds. The van der Waals surface area contributed by atoms with E-state index >= 15 is 0 Å². The van der Waals surface area contributed by atoms with Crippen molar-refractivity contribution in [1.29, 1.82) is 0 Å². The Balaban J connectivity index is 2.45. The van der Waals surface area contributed by atoms with Crippen LogP contribution in [0.1, 0.15) is 25.0 Å². The van der Waals surface area contributed by atoms with Crippen molar-refractivity contribution in [1.82, 2.24) is 4.90 Å². The average Bonchev–Trinajstić information content (AvgIpc) is 2.21. The molecule has 16 heavy (non-hydrogen) atoms. The molecule has 0 bridgehead atoms. The predicted molar refractivity (Wildman–Crippen MR) is 70.3 cm³/mol. The van der Waals surface area contributed by atoms with Crippen molar-refractivity contribution >= 4 is 0 Å². The van der Waals surface area contributed by atoms with Crippen LogP contribution in [0.3, 0.4) is 0 Å². The second-order valence-corrected chi connectivity index (χ2v) is 5.02. The summed E-state index contributed by atoms with van der Waals surface area (Å²) in [6.07, 6.45) is 0. The van der Waals surface area contributed by atoms with E-state index in [0.29, 0.717) is 5.92 Å². The molecule has 0 radical (unpaired) electrons. The number of nitrogens with two attached hydrogens (primary N) is 1. The summed E-state index contributed by atoms with van der Waals surface area (Å²) >= 11 is 0. The standard InChI is InChI=1S/C14H24N2/c1-11-5-7-14(8-6-11)10-16(4)9-12(2)13(3)15/h5-8,12-13H,9-10,15H2,1-4H3.